The van der Waals surface area contributed by atoms with Gasteiger partial charge in [0.1, 0.15) is 0 Å². The van der Waals surface area contributed by atoms with Crippen molar-refractivity contribution in [1.29, 1.82) is 0 Å². The fourth-order valence-corrected chi connectivity index (χ4v) is 3.90. The maximum Gasteiger partial charge on any atom is 0.251 e. The molecule has 0 saturated heterocycles. The summed E-state index contributed by atoms with van der Waals surface area (Å²) in [7, 11) is 0. The topological polar surface area (TPSA) is 88.9 Å². The zero-order valence-corrected chi connectivity index (χ0v) is 19.5. The quantitative estimate of drug-likeness (QED) is 0.358. The number of rotatable bonds is 9. The van der Waals surface area contributed by atoms with Gasteiger partial charge in [-0.15, -0.1) is 16.8 Å². The van der Waals surface area contributed by atoms with Crippen LogP contribution >= 0.6 is 23.4 Å². The van der Waals surface area contributed by atoms with Crippen LogP contribution in [0.25, 0.3) is 0 Å². The molecule has 0 spiro atoms. The molecule has 0 saturated carbocycles. The van der Waals surface area contributed by atoms with Gasteiger partial charge < -0.3 is 15.2 Å². The average molecular weight is 470 g/mol. The van der Waals surface area contributed by atoms with Gasteiger partial charge in [-0.05, 0) is 43.2 Å². The van der Waals surface area contributed by atoms with Gasteiger partial charge in [0.25, 0.3) is 5.91 Å². The SMILES string of the molecule is C=CCn1c(CNC(=O)c2ccccc2C)nnc1SCC(=O)Nc1ccc(C)c(Cl)c1. The van der Waals surface area contributed by atoms with Crippen molar-refractivity contribution in [1.82, 2.24) is 20.1 Å². The van der Waals surface area contributed by atoms with Gasteiger partial charge in [-0.2, -0.15) is 0 Å². The molecular formula is C23H24ClN5O2S. The van der Waals surface area contributed by atoms with Crippen LogP contribution in [0.3, 0.4) is 0 Å². The molecule has 0 bridgehead atoms. The lowest BCUT2D eigenvalue weighted by atomic mass is 10.1. The van der Waals surface area contributed by atoms with E-state index in [4.69, 9.17) is 11.6 Å². The summed E-state index contributed by atoms with van der Waals surface area (Å²) in [5.74, 6) is 0.371. The number of nitrogens with one attached hydrogen (secondary N) is 2. The van der Waals surface area contributed by atoms with Crippen molar-refractivity contribution in [2.24, 2.45) is 0 Å². The fraction of sp³-hybridized carbons (Fsp3) is 0.217. The molecule has 0 atom stereocenters. The summed E-state index contributed by atoms with van der Waals surface area (Å²) in [6.45, 7) is 8.23. The molecule has 0 unspecified atom stereocenters. The van der Waals surface area contributed by atoms with Crippen LogP contribution in [-0.2, 0) is 17.9 Å². The van der Waals surface area contributed by atoms with Crippen molar-refractivity contribution < 1.29 is 9.59 Å². The molecule has 0 aliphatic heterocycles. The maximum absolute atomic E-state index is 12.5. The minimum atomic E-state index is -0.183. The molecule has 2 amide bonds. The Labute approximate surface area is 196 Å². The van der Waals surface area contributed by atoms with Crippen LogP contribution in [0, 0.1) is 13.8 Å². The highest BCUT2D eigenvalue weighted by molar-refractivity contribution is 7.99. The molecule has 3 aromatic rings. The predicted octanol–water partition coefficient (Wildman–Crippen LogP) is 4.40. The van der Waals surface area contributed by atoms with Crippen LogP contribution in [0.4, 0.5) is 5.69 Å². The lowest BCUT2D eigenvalue weighted by Gasteiger charge is -2.10. The molecule has 166 valence electrons. The molecule has 2 N–H and O–H groups in total. The van der Waals surface area contributed by atoms with E-state index < -0.39 is 0 Å². The van der Waals surface area contributed by atoms with E-state index in [2.05, 4.69) is 27.4 Å². The second-order valence-electron chi connectivity index (χ2n) is 7.10. The van der Waals surface area contributed by atoms with Crippen molar-refractivity contribution >= 4 is 40.9 Å². The van der Waals surface area contributed by atoms with Crippen LogP contribution in [0.1, 0.15) is 27.3 Å². The van der Waals surface area contributed by atoms with Gasteiger partial charge in [0.2, 0.25) is 5.91 Å². The summed E-state index contributed by atoms with van der Waals surface area (Å²) in [5.41, 5.74) is 3.09. The van der Waals surface area contributed by atoms with Crippen molar-refractivity contribution in [3.63, 3.8) is 0 Å². The highest BCUT2D eigenvalue weighted by atomic mass is 35.5. The number of anilines is 1. The number of benzene rings is 2. The van der Waals surface area contributed by atoms with Gasteiger partial charge in [0.15, 0.2) is 11.0 Å². The van der Waals surface area contributed by atoms with E-state index in [0.717, 1.165) is 11.1 Å². The number of allylic oxidation sites excluding steroid dienone is 1. The molecule has 9 heteroatoms. The second kappa shape index (κ2) is 11.0. The Hall–Kier alpha value is -3.10. The van der Waals surface area contributed by atoms with Crippen LogP contribution in [0.15, 0.2) is 60.3 Å². The zero-order chi connectivity index (χ0) is 23.1. The van der Waals surface area contributed by atoms with Crippen LogP contribution in [0.5, 0.6) is 0 Å². The van der Waals surface area contributed by atoms with Crippen molar-refractivity contribution in [3.8, 4) is 0 Å². The zero-order valence-electron chi connectivity index (χ0n) is 17.9. The number of thioether (sulfide) groups is 1. The molecule has 0 aliphatic carbocycles. The van der Waals surface area contributed by atoms with E-state index >= 15 is 0 Å². The first-order chi connectivity index (χ1) is 15.4. The fourth-order valence-electron chi connectivity index (χ4n) is 2.95. The molecular weight excluding hydrogens is 446 g/mol. The molecule has 0 fully saturated rings. The Morgan fingerprint density at radius 3 is 2.66 bits per heavy atom. The summed E-state index contributed by atoms with van der Waals surface area (Å²) in [6, 6.07) is 12.8. The summed E-state index contributed by atoms with van der Waals surface area (Å²) < 4.78 is 1.83. The summed E-state index contributed by atoms with van der Waals surface area (Å²) in [5, 5.41) is 15.2. The molecule has 0 radical (unpaired) electrons. The third kappa shape index (κ3) is 5.99. The van der Waals surface area contributed by atoms with Crippen LogP contribution in [-0.4, -0.2) is 32.3 Å². The van der Waals surface area contributed by atoms with E-state index in [1.165, 1.54) is 11.8 Å². The molecule has 32 heavy (non-hydrogen) atoms. The van der Waals surface area contributed by atoms with Gasteiger partial charge in [-0.25, -0.2) is 0 Å². The minimum Gasteiger partial charge on any atom is -0.345 e. The number of halogens is 1. The minimum absolute atomic E-state index is 0.149. The number of hydrogen-bond donors (Lipinski definition) is 2. The highest BCUT2D eigenvalue weighted by Crippen LogP contribution is 2.21. The molecule has 2 aromatic carbocycles. The first kappa shape index (κ1) is 23.6. The van der Waals surface area contributed by atoms with E-state index in [0.29, 0.717) is 33.8 Å². The molecule has 1 heterocycles. The number of aromatic nitrogens is 3. The number of carbonyl (C=O) groups is 2. The molecule has 1 aromatic heterocycles. The van der Waals surface area contributed by atoms with Gasteiger partial charge in [0, 0.05) is 22.8 Å². The lowest BCUT2D eigenvalue weighted by Crippen LogP contribution is -2.25. The number of amides is 2. The Kier molecular flexibility index (Phi) is 8.08. The van der Waals surface area contributed by atoms with E-state index in [1.54, 1.807) is 24.3 Å². The first-order valence-electron chi connectivity index (χ1n) is 9.94. The first-order valence-corrected chi connectivity index (χ1v) is 11.3. The van der Waals surface area contributed by atoms with Crippen LogP contribution < -0.4 is 10.6 Å². The van der Waals surface area contributed by atoms with Gasteiger partial charge >= 0.3 is 0 Å². The number of carbonyl (C=O) groups excluding carboxylic acids is 2. The summed E-state index contributed by atoms with van der Waals surface area (Å²) >= 11 is 7.37. The summed E-state index contributed by atoms with van der Waals surface area (Å²) in [4.78, 5) is 24.8. The normalized spacial score (nSPS) is 10.6. The Balaban J connectivity index is 1.61. The second-order valence-corrected chi connectivity index (χ2v) is 8.45. The number of aryl methyl sites for hydroxylation is 2. The number of nitrogens with zero attached hydrogens (tertiary/aromatic N) is 3. The van der Waals surface area contributed by atoms with Crippen molar-refractivity contribution in [2.75, 3.05) is 11.1 Å². The number of hydrogen-bond acceptors (Lipinski definition) is 5. The monoisotopic (exact) mass is 469 g/mol. The third-order valence-corrected chi connectivity index (χ3v) is 6.06. The highest BCUT2D eigenvalue weighted by Gasteiger charge is 2.15. The maximum atomic E-state index is 12.5. The van der Waals surface area contributed by atoms with E-state index in [9.17, 15) is 9.59 Å². The van der Waals surface area contributed by atoms with Crippen molar-refractivity contribution in [3.05, 3.63) is 82.7 Å². The largest absolute Gasteiger partial charge is 0.345 e. The Morgan fingerprint density at radius 1 is 1.16 bits per heavy atom. The molecule has 0 aliphatic rings. The van der Waals surface area contributed by atoms with E-state index in [1.807, 2.05) is 42.7 Å². The third-order valence-electron chi connectivity index (χ3n) is 4.69. The van der Waals surface area contributed by atoms with Crippen molar-refractivity contribution in [2.45, 2.75) is 32.1 Å². The predicted molar refractivity (Wildman–Crippen MR) is 128 cm³/mol. The van der Waals surface area contributed by atoms with Crippen LogP contribution in [0.2, 0.25) is 5.02 Å². The van der Waals surface area contributed by atoms with Gasteiger partial charge in [-0.1, -0.05) is 53.7 Å². The molecule has 3 rings (SSSR count). The average Bonchev–Trinajstić information content (AvgIpc) is 3.15. The lowest BCUT2D eigenvalue weighted by molar-refractivity contribution is -0.113. The van der Waals surface area contributed by atoms with Gasteiger partial charge in [0.05, 0.1) is 12.3 Å². The summed E-state index contributed by atoms with van der Waals surface area (Å²) in [6.07, 6.45) is 1.72. The Morgan fingerprint density at radius 2 is 1.94 bits per heavy atom. The Bertz CT molecular complexity index is 1150. The molecule has 7 nitrogen and oxygen atoms in total. The standard InChI is InChI=1S/C23H24ClN5O2S/c1-4-11-29-20(13-25-22(31)18-8-6-5-7-15(18)2)27-28-23(29)32-14-21(30)26-17-10-9-16(3)19(24)12-17/h4-10,12H,1,11,13-14H2,2-3H3,(H,25,31)(H,26,30). The van der Waals surface area contributed by atoms with Gasteiger partial charge in [-0.3, -0.25) is 9.59 Å². The smallest absolute Gasteiger partial charge is 0.251 e. The van der Waals surface area contributed by atoms with E-state index in [-0.39, 0.29) is 24.1 Å².